The number of ether oxygens (including phenoxy) is 1. The number of phenols is 1. The van der Waals surface area contributed by atoms with Gasteiger partial charge in [-0.05, 0) is 166 Å². The molecule has 7 aliphatic carbocycles. The summed E-state index contributed by atoms with van der Waals surface area (Å²) in [6.45, 7) is 5.95. The molecule has 5 fully saturated rings. The van der Waals surface area contributed by atoms with Crippen LogP contribution in [0.4, 0.5) is 0 Å². The Kier molecular flexibility index (Phi) is 12.8. The van der Waals surface area contributed by atoms with Crippen molar-refractivity contribution in [2.75, 3.05) is 0 Å². The number of phenolic OH excluding ortho intramolecular Hbond substituents is 1. The molecule has 0 aromatic heterocycles. The number of carboxylic acids is 2. The van der Waals surface area contributed by atoms with Crippen LogP contribution in [0.1, 0.15) is 121 Å². The van der Waals surface area contributed by atoms with E-state index in [1.54, 1.807) is 0 Å². The summed E-state index contributed by atoms with van der Waals surface area (Å²) >= 11 is 0. The number of carbonyl (C=O) groups excluding carboxylic acids is 4. The smallest absolute Gasteiger partial charge is 0.545 e. The molecule has 11 atom stereocenters. The van der Waals surface area contributed by atoms with Crippen LogP contribution in [0, 0.1) is 71.0 Å². The van der Waals surface area contributed by atoms with Crippen molar-refractivity contribution in [1.29, 1.82) is 0 Å². The molecule has 300 valence electrons. The van der Waals surface area contributed by atoms with E-state index in [1.807, 2.05) is 18.2 Å². The summed E-state index contributed by atoms with van der Waals surface area (Å²) in [5.74, 6) is 7.13. The third kappa shape index (κ3) is 7.62. The Morgan fingerprint density at radius 1 is 0.804 bits per heavy atom. The molecule has 8 rings (SSSR count). The minimum atomic E-state index is -1.55. The molecule has 0 saturated heterocycles. The standard InChI is InChI=1S/C22H28O3.C20H24O2.C4H4O4.Fe/c1-4-22(25-14(2)23)12-10-20-19-7-5-15-13-16(24)6-8-17(15)18(19)9-11-21(20,22)3;1-3-20(22)11-9-18-17-6-4-13-12-14(21)5-7-15(13)16(17)8-10-19(18,20)2;5-3(6)1-2-4(7)8;/h1,13,17-20H,5-12H2,2-3H3;1,5,7,12,16-18,21-22H,4,6,8-11H2,2H3;1-2H,(H,5,6)(H,7,8);/q;;;+2/p-2/b;;2-1+;/t17-,18+,19+,20-,21-,22-;16-,17-,18+,19+,20+;;/m01../s1. The van der Waals surface area contributed by atoms with E-state index < -0.39 is 23.1 Å². The first-order valence-electron chi connectivity index (χ1n) is 20.0. The fourth-order valence-corrected chi connectivity index (χ4v) is 12.8. The van der Waals surface area contributed by atoms with Crippen LogP contribution in [-0.2, 0) is 47.4 Å². The Labute approximate surface area is 341 Å². The van der Waals surface area contributed by atoms with Gasteiger partial charge in [0.1, 0.15) is 11.4 Å². The largest absolute Gasteiger partial charge is 2.00 e. The predicted octanol–water partition coefficient (Wildman–Crippen LogP) is 4.72. The van der Waals surface area contributed by atoms with Crippen molar-refractivity contribution in [3.63, 3.8) is 0 Å². The molecule has 0 aliphatic heterocycles. The second-order valence-electron chi connectivity index (χ2n) is 17.6. The van der Waals surface area contributed by atoms with Gasteiger partial charge in [0.05, 0.1) is 11.9 Å². The second-order valence-corrected chi connectivity index (χ2v) is 17.6. The molecule has 2 N–H and O–H groups in total. The summed E-state index contributed by atoms with van der Waals surface area (Å²) in [4.78, 5) is 42.3. The molecule has 9 nitrogen and oxygen atoms in total. The van der Waals surface area contributed by atoms with Crippen LogP contribution in [-0.4, -0.2) is 45.1 Å². The van der Waals surface area contributed by atoms with Crippen LogP contribution in [0.15, 0.2) is 42.0 Å². The molecule has 1 aromatic rings. The number of rotatable bonds is 3. The van der Waals surface area contributed by atoms with Crippen molar-refractivity contribution < 1.29 is 61.4 Å². The molecular formula is C46H54FeO9. The summed E-state index contributed by atoms with van der Waals surface area (Å²) in [5, 5.41) is 39.5. The van der Waals surface area contributed by atoms with E-state index in [2.05, 4.69) is 31.8 Å². The van der Waals surface area contributed by atoms with Gasteiger partial charge >= 0.3 is 23.0 Å². The van der Waals surface area contributed by atoms with Gasteiger partial charge in [0.25, 0.3) is 0 Å². The number of aromatic hydroxyl groups is 1. The van der Waals surface area contributed by atoms with Crippen LogP contribution in [0.25, 0.3) is 0 Å². The molecule has 1 aromatic carbocycles. The first kappa shape index (κ1) is 43.3. The van der Waals surface area contributed by atoms with E-state index >= 15 is 0 Å². The summed E-state index contributed by atoms with van der Waals surface area (Å²) < 4.78 is 5.79. The maximum atomic E-state index is 11.8. The molecule has 0 amide bonds. The number of allylic oxidation sites excluding steroid dienone is 1. The number of carbonyl (C=O) groups is 4. The van der Waals surface area contributed by atoms with Gasteiger partial charge in [-0.25, -0.2) is 0 Å². The number of fused-ring (bicyclic) bond motifs is 10. The number of hydrogen-bond acceptors (Lipinski definition) is 9. The number of hydrogen-bond donors (Lipinski definition) is 2. The Bertz CT molecular complexity index is 1850. The summed E-state index contributed by atoms with van der Waals surface area (Å²) in [5.41, 5.74) is 2.26. The van der Waals surface area contributed by atoms with E-state index in [0.717, 1.165) is 83.5 Å². The van der Waals surface area contributed by atoms with Crippen molar-refractivity contribution in [2.45, 2.75) is 128 Å². The predicted molar refractivity (Wildman–Crippen MR) is 201 cm³/mol. The first-order valence-corrected chi connectivity index (χ1v) is 20.0. The van der Waals surface area contributed by atoms with Gasteiger partial charge in [-0.3, -0.25) is 9.59 Å². The van der Waals surface area contributed by atoms with Crippen LogP contribution < -0.4 is 10.2 Å². The average Bonchev–Trinajstić information content (AvgIpc) is 3.60. The van der Waals surface area contributed by atoms with E-state index in [0.29, 0.717) is 71.5 Å². The van der Waals surface area contributed by atoms with E-state index in [9.17, 15) is 39.6 Å². The second kappa shape index (κ2) is 16.6. The minimum absolute atomic E-state index is 0. The van der Waals surface area contributed by atoms with Crippen LogP contribution in [0.5, 0.6) is 5.75 Å². The summed E-state index contributed by atoms with van der Waals surface area (Å²) in [7, 11) is 0. The van der Waals surface area contributed by atoms with Crippen molar-refractivity contribution >= 4 is 23.7 Å². The number of carboxylic acid groups (broad SMARTS) is 2. The Balaban J connectivity index is 0.000000178. The third-order valence-electron chi connectivity index (χ3n) is 15.4. The third-order valence-corrected chi connectivity index (χ3v) is 15.4. The quantitative estimate of drug-likeness (QED) is 0.191. The van der Waals surface area contributed by atoms with Gasteiger partial charge in [0, 0.05) is 24.2 Å². The molecule has 0 spiro atoms. The number of benzene rings is 1. The number of terminal acetylenes is 2. The molecule has 0 unspecified atom stereocenters. The molecule has 0 bridgehead atoms. The summed E-state index contributed by atoms with van der Waals surface area (Å²) in [6.07, 6.45) is 28.4. The fourth-order valence-electron chi connectivity index (χ4n) is 12.8. The Morgan fingerprint density at radius 2 is 1.45 bits per heavy atom. The molecular weight excluding hydrogens is 752 g/mol. The molecule has 56 heavy (non-hydrogen) atoms. The number of aryl methyl sites for hydroxylation is 1. The monoisotopic (exact) mass is 806 g/mol. The number of aliphatic hydroxyl groups is 1. The van der Waals surface area contributed by atoms with E-state index in [-0.39, 0.29) is 33.9 Å². The first-order chi connectivity index (χ1) is 26.0. The fraction of sp³-hybridized carbons (Fsp3) is 0.609. The molecule has 0 heterocycles. The van der Waals surface area contributed by atoms with Crippen molar-refractivity contribution in [2.24, 2.45) is 46.3 Å². The van der Waals surface area contributed by atoms with Crippen molar-refractivity contribution in [3.05, 3.63) is 53.1 Å². The van der Waals surface area contributed by atoms with Gasteiger partial charge in [-0.15, -0.1) is 12.8 Å². The number of ketones is 1. The zero-order valence-corrected chi connectivity index (χ0v) is 33.8. The summed E-state index contributed by atoms with van der Waals surface area (Å²) in [6, 6.07) is 5.87. The van der Waals surface area contributed by atoms with Crippen LogP contribution >= 0.6 is 0 Å². The Morgan fingerprint density at radius 3 is 2.09 bits per heavy atom. The number of esters is 1. The number of aliphatic carboxylic acids is 2. The molecule has 0 radical (unpaired) electrons. The zero-order chi connectivity index (χ0) is 39.9. The van der Waals surface area contributed by atoms with Crippen LogP contribution in [0.2, 0.25) is 0 Å². The van der Waals surface area contributed by atoms with Gasteiger partial charge in [0.15, 0.2) is 11.4 Å². The normalized spacial score (nSPS) is 38.5. The maximum Gasteiger partial charge on any atom is 2.00 e. The average molecular weight is 807 g/mol. The SMILES string of the molecule is C#C[C@]1(O)CC[C@H]2[C@@H]3CCc4cc(O)ccc4[C@H]3CC[C@@]21C.C#C[C@]1(OC(C)=O)CC[C@H]2[C@@H]3CCC4=CC(=O)CC[C@@H]4[C@H]3CC[C@@]21C.O=C([O-])/C=C/C(=O)[O-].[Fe+2]. The maximum absolute atomic E-state index is 11.8. The van der Waals surface area contributed by atoms with E-state index in [4.69, 9.17) is 17.6 Å². The Hall–Kier alpha value is -3.82. The van der Waals surface area contributed by atoms with Gasteiger partial charge in [-0.1, -0.05) is 37.3 Å². The molecule has 7 aliphatic rings. The van der Waals surface area contributed by atoms with Gasteiger partial charge < -0.3 is 34.8 Å². The zero-order valence-electron chi connectivity index (χ0n) is 32.7. The van der Waals surface area contributed by atoms with Crippen molar-refractivity contribution in [1.82, 2.24) is 0 Å². The van der Waals surface area contributed by atoms with Gasteiger partial charge in [-0.2, -0.15) is 0 Å². The molecule has 5 saturated carbocycles. The van der Waals surface area contributed by atoms with Crippen molar-refractivity contribution in [3.8, 4) is 30.4 Å². The molecule has 10 heteroatoms. The van der Waals surface area contributed by atoms with E-state index in [1.165, 1.54) is 23.6 Å². The van der Waals surface area contributed by atoms with Crippen LogP contribution in [0.3, 0.4) is 0 Å². The minimum Gasteiger partial charge on any atom is -0.545 e. The topological polar surface area (TPSA) is 164 Å². The van der Waals surface area contributed by atoms with Gasteiger partial charge in [0.2, 0.25) is 0 Å².